The molecule has 0 saturated carbocycles. The third kappa shape index (κ3) is 54.1. The van der Waals surface area contributed by atoms with Gasteiger partial charge in [0.15, 0.2) is 6.10 Å². The molecule has 0 saturated heterocycles. The van der Waals surface area contributed by atoms with E-state index in [-0.39, 0.29) is 38.0 Å². The molecule has 0 aromatic rings. The van der Waals surface area contributed by atoms with E-state index in [1.807, 2.05) is 12.2 Å². The molecule has 0 spiro atoms. The third-order valence-electron chi connectivity index (χ3n) is 10.9. The molecule has 0 N–H and O–H groups in total. The zero-order valence-corrected chi connectivity index (χ0v) is 44.0. The molecule has 0 fully saturated rings. The summed E-state index contributed by atoms with van der Waals surface area (Å²) in [4.78, 5) is 38.0. The molecule has 6 heteroatoms. The van der Waals surface area contributed by atoms with Crippen molar-refractivity contribution in [2.24, 2.45) is 0 Å². The molecule has 1 unspecified atom stereocenters. The summed E-state index contributed by atoms with van der Waals surface area (Å²) in [5.74, 6) is -1.11. The topological polar surface area (TPSA) is 78.9 Å². The Bertz CT molecular complexity index is 1560. The minimum atomic E-state index is -0.852. The normalized spacial score (nSPS) is 13.3. The fraction of sp³-hybridized carbons (Fsp3) is 0.571. The van der Waals surface area contributed by atoms with Gasteiger partial charge < -0.3 is 14.2 Å². The van der Waals surface area contributed by atoms with E-state index in [1.165, 1.54) is 57.8 Å². The largest absolute Gasteiger partial charge is 0.462 e. The highest BCUT2D eigenvalue weighted by atomic mass is 16.6. The van der Waals surface area contributed by atoms with Crippen molar-refractivity contribution >= 4 is 17.9 Å². The zero-order valence-electron chi connectivity index (χ0n) is 44.0. The average molecular weight is 951 g/mol. The summed E-state index contributed by atoms with van der Waals surface area (Å²) < 4.78 is 16.7. The summed E-state index contributed by atoms with van der Waals surface area (Å²) in [6, 6.07) is 0. The van der Waals surface area contributed by atoms with Crippen LogP contribution in [-0.4, -0.2) is 37.2 Å². The molecule has 0 aliphatic heterocycles. The Morgan fingerprint density at radius 1 is 0.319 bits per heavy atom. The molecule has 69 heavy (non-hydrogen) atoms. The lowest BCUT2D eigenvalue weighted by Crippen LogP contribution is -2.30. The Morgan fingerprint density at radius 3 is 1.16 bits per heavy atom. The van der Waals surface area contributed by atoms with Gasteiger partial charge in [0, 0.05) is 19.3 Å². The van der Waals surface area contributed by atoms with E-state index in [4.69, 9.17) is 14.2 Å². The lowest BCUT2D eigenvalue weighted by atomic mass is 10.1. The van der Waals surface area contributed by atoms with Crippen LogP contribution in [0.2, 0.25) is 0 Å². The van der Waals surface area contributed by atoms with Gasteiger partial charge in [0.05, 0.1) is 0 Å². The first-order chi connectivity index (χ1) is 34.0. The number of carbonyl (C=O) groups is 3. The first-order valence-electron chi connectivity index (χ1n) is 27.4. The van der Waals surface area contributed by atoms with Gasteiger partial charge in [-0.2, -0.15) is 0 Å². The summed E-state index contributed by atoms with van der Waals surface area (Å²) in [6.07, 6.45) is 79.9. The smallest absolute Gasteiger partial charge is 0.306 e. The van der Waals surface area contributed by atoms with Crippen molar-refractivity contribution in [2.45, 2.75) is 219 Å². The second-order valence-corrected chi connectivity index (χ2v) is 17.5. The highest BCUT2D eigenvalue weighted by molar-refractivity contribution is 5.71. The number of carbonyl (C=O) groups excluding carboxylic acids is 3. The standard InChI is InChI=1S/C63H98O6/c1-4-7-10-13-16-19-22-25-28-31-33-35-38-41-44-47-50-53-56-62(65)68-59-60(58-67-61(64)55-52-49-46-43-40-37-34-30-27-24-21-18-15-12-9-6-3)69-63(66)57-54-51-48-45-42-39-36-32-29-26-23-20-17-14-11-8-5-2/h9,12,17-18,20-22,25-31,33,35-37,39-40,45-46,48-49,60H,4-8,10-11,13-16,19,23-24,32,34,38,41-44,47,50-59H2,1-3H3/b12-9-,20-17-,21-18-,25-22-,29-26-,30-27-,31-28-,35-33-,39-36-,40-37-,48-45-,49-46-. The predicted octanol–water partition coefficient (Wildman–Crippen LogP) is 18.4. The van der Waals surface area contributed by atoms with E-state index in [1.54, 1.807) is 0 Å². The van der Waals surface area contributed by atoms with Crippen molar-refractivity contribution in [3.63, 3.8) is 0 Å². The van der Waals surface area contributed by atoms with E-state index in [0.717, 1.165) is 103 Å². The van der Waals surface area contributed by atoms with E-state index in [0.29, 0.717) is 19.3 Å². The van der Waals surface area contributed by atoms with Gasteiger partial charge in [-0.3, -0.25) is 14.4 Å². The van der Waals surface area contributed by atoms with Crippen LogP contribution in [0.25, 0.3) is 0 Å². The van der Waals surface area contributed by atoms with E-state index < -0.39 is 12.1 Å². The molecule has 6 nitrogen and oxygen atoms in total. The van der Waals surface area contributed by atoms with E-state index in [2.05, 4.69) is 154 Å². The average Bonchev–Trinajstić information content (AvgIpc) is 3.35. The zero-order chi connectivity index (χ0) is 50.0. The van der Waals surface area contributed by atoms with Gasteiger partial charge in [0.2, 0.25) is 0 Å². The summed E-state index contributed by atoms with van der Waals surface area (Å²) in [5, 5.41) is 0. The van der Waals surface area contributed by atoms with Crippen LogP contribution in [0, 0.1) is 0 Å². The second-order valence-electron chi connectivity index (χ2n) is 17.5. The molecule has 0 amide bonds. The number of hydrogen-bond acceptors (Lipinski definition) is 6. The third-order valence-corrected chi connectivity index (χ3v) is 10.9. The van der Waals surface area contributed by atoms with Crippen LogP contribution in [0.3, 0.4) is 0 Å². The van der Waals surface area contributed by atoms with Crippen molar-refractivity contribution in [1.82, 2.24) is 0 Å². The summed E-state index contributed by atoms with van der Waals surface area (Å²) in [6.45, 7) is 6.33. The van der Waals surface area contributed by atoms with Crippen molar-refractivity contribution in [3.05, 3.63) is 146 Å². The van der Waals surface area contributed by atoms with Crippen molar-refractivity contribution in [1.29, 1.82) is 0 Å². The maximum absolute atomic E-state index is 12.8. The molecule has 0 aromatic heterocycles. The molecule has 0 heterocycles. The molecule has 0 aromatic carbocycles. The highest BCUT2D eigenvalue weighted by Crippen LogP contribution is 2.11. The fourth-order valence-electron chi connectivity index (χ4n) is 6.78. The number of allylic oxidation sites excluding steroid dienone is 24. The molecule has 0 aliphatic carbocycles. The van der Waals surface area contributed by atoms with Crippen LogP contribution in [0.15, 0.2) is 146 Å². The first kappa shape index (κ1) is 64.3. The fourth-order valence-corrected chi connectivity index (χ4v) is 6.78. The van der Waals surface area contributed by atoms with Crippen LogP contribution in [-0.2, 0) is 28.6 Å². The molecule has 1 atom stereocenters. The maximum atomic E-state index is 12.8. The van der Waals surface area contributed by atoms with Crippen LogP contribution in [0.4, 0.5) is 0 Å². The molecular formula is C63H98O6. The lowest BCUT2D eigenvalue weighted by Gasteiger charge is -2.18. The van der Waals surface area contributed by atoms with Crippen LogP contribution in [0.5, 0.6) is 0 Å². The summed E-state index contributed by atoms with van der Waals surface area (Å²) >= 11 is 0. The molecule has 0 aliphatic rings. The Balaban J connectivity index is 4.65. The van der Waals surface area contributed by atoms with Gasteiger partial charge in [-0.05, 0) is 116 Å². The summed E-state index contributed by atoms with van der Waals surface area (Å²) in [7, 11) is 0. The number of hydrogen-bond donors (Lipinski definition) is 0. The van der Waals surface area contributed by atoms with Gasteiger partial charge in [-0.15, -0.1) is 0 Å². The predicted molar refractivity (Wildman–Crippen MR) is 297 cm³/mol. The van der Waals surface area contributed by atoms with E-state index >= 15 is 0 Å². The minimum Gasteiger partial charge on any atom is -0.462 e. The van der Waals surface area contributed by atoms with Gasteiger partial charge >= 0.3 is 17.9 Å². The van der Waals surface area contributed by atoms with Crippen molar-refractivity contribution in [3.8, 4) is 0 Å². The van der Waals surface area contributed by atoms with Crippen LogP contribution >= 0.6 is 0 Å². The van der Waals surface area contributed by atoms with Crippen molar-refractivity contribution < 1.29 is 28.6 Å². The maximum Gasteiger partial charge on any atom is 0.306 e. The highest BCUT2D eigenvalue weighted by Gasteiger charge is 2.19. The molecule has 0 bridgehead atoms. The minimum absolute atomic E-state index is 0.139. The summed E-state index contributed by atoms with van der Waals surface area (Å²) in [5.41, 5.74) is 0. The number of unbranched alkanes of at least 4 members (excludes halogenated alkanes) is 14. The molecule has 0 rings (SSSR count). The van der Waals surface area contributed by atoms with Gasteiger partial charge in [0.25, 0.3) is 0 Å². The first-order valence-corrected chi connectivity index (χ1v) is 27.4. The van der Waals surface area contributed by atoms with Crippen LogP contribution in [0.1, 0.15) is 213 Å². The van der Waals surface area contributed by atoms with Gasteiger partial charge in [0.1, 0.15) is 13.2 Å². The Kier molecular flexibility index (Phi) is 52.1. The van der Waals surface area contributed by atoms with Gasteiger partial charge in [-0.1, -0.05) is 224 Å². The van der Waals surface area contributed by atoms with Crippen molar-refractivity contribution in [2.75, 3.05) is 13.2 Å². The Morgan fingerprint density at radius 2 is 0.667 bits per heavy atom. The molecular weight excluding hydrogens is 853 g/mol. The van der Waals surface area contributed by atoms with Crippen LogP contribution < -0.4 is 0 Å². The Labute approximate surface area is 423 Å². The second kappa shape index (κ2) is 55.9. The lowest BCUT2D eigenvalue weighted by molar-refractivity contribution is -0.166. The molecule has 0 radical (unpaired) electrons. The SMILES string of the molecule is CC/C=C\C/C=C\C/C=C\C/C=C\C/C=C\CCC(=O)OCC(COC(=O)CCCCCCC\C=C/C=C\C=C/CCCCCCC)OC(=O)CCC/C=C\C/C=C\C/C=C\C/C=C\CCCCC. The number of esters is 3. The van der Waals surface area contributed by atoms with E-state index in [9.17, 15) is 14.4 Å². The van der Waals surface area contributed by atoms with Gasteiger partial charge in [-0.25, -0.2) is 0 Å². The Hall–Kier alpha value is -4.71. The quantitative estimate of drug-likeness (QED) is 0.0199. The monoisotopic (exact) mass is 951 g/mol. The number of rotatable bonds is 47. The number of ether oxygens (including phenoxy) is 3. The molecule has 386 valence electrons.